The number of amides is 1. The van der Waals surface area contributed by atoms with Crippen LogP contribution in [0, 0.1) is 11.8 Å². The number of likely N-dealkylation sites (tertiary alicyclic amines) is 1. The second-order valence-electron chi connectivity index (χ2n) is 16.2. The number of carboxylic acids is 1. The number of nitrogens with zero attached hydrogens (tertiary/aromatic N) is 7. The summed E-state index contributed by atoms with van der Waals surface area (Å²) in [5, 5.41) is 18.3. The summed E-state index contributed by atoms with van der Waals surface area (Å²) in [6.07, 6.45) is 11.4. The predicted molar refractivity (Wildman–Crippen MR) is 239 cm³/mol. The monoisotopic (exact) mass is 873 g/mol. The number of nitrogens with one attached hydrogen (secondary N) is 2. The quantitative estimate of drug-likeness (QED) is 0.135. The van der Waals surface area contributed by atoms with Crippen LogP contribution < -0.4 is 20.1 Å². The minimum Gasteiger partial charge on any atom is -0.495 e. The number of aliphatic carboxylic acids is 1. The second kappa shape index (κ2) is 16.7. The van der Waals surface area contributed by atoms with Gasteiger partial charge in [-0.2, -0.15) is 0 Å². The molecule has 0 radical (unpaired) electrons. The summed E-state index contributed by atoms with van der Waals surface area (Å²) in [7, 11) is 3.31. The van der Waals surface area contributed by atoms with Gasteiger partial charge in [0.2, 0.25) is 5.91 Å². The zero-order valence-electron chi connectivity index (χ0n) is 34.2. The van der Waals surface area contributed by atoms with Crippen LogP contribution in [0.1, 0.15) is 68.8 Å². The Balaban J connectivity index is 0.000000151. The highest BCUT2D eigenvalue weighted by molar-refractivity contribution is 7.19. The van der Waals surface area contributed by atoms with Crippen LogP contribution in [0.2, 0.25) is 0 Å². The SMILES string of the molecule is COc1cc2c(cc1Nc1ncnc3sc4c(c13)CC[C@H](C(=O)N1CCCC(F)C1)C4)C=NC2.COc1cc2c(cc1Nc1ncnc3sc4c(c13)CC[C@H](C(=O)O)C4)C=NC2. The lowest BCUT2D eigenvalue weighted by Gasteiger charge is -2.33. The van der Waals surface area contributed by atoms with Crippen LogP contribution >= 0.6 is 22.7 Å². The molecule has 2 aromatic carbocycles. The molecule has 1 unspecified atom stereocenters. The number of aromatic nitrogens is 4. The van der Waals surface area contributed by atoms with Crippen molar-refractivity contribution in [3.63, 3.8) is 0 Å². The Morgan fingerprint density at radius 2 is 1.29 bits per heavy atom. The maximum absolute atomic E-state index is 13.9. The number of thiophene rings is 2. The number of benzene rings is 2. The number of halogens is 1. The fraction of sp³-hybridized carbons (Fsp3) is 0.378. The van der Waals surface area contributed by atoms with Crippen molar-refractivity contribution in [3.05, 3.63) is 80.1 Å². The number of anilines is 4. The Morgan fingerprint density at radius 3 is 1.81 bits per heavy atom. The Bertz CT molecular complexity index is 2820. The van der Waals surface area contributed by atoms with Crippen molar-refractivity contribution < 1.29 is 28.6 Å². The summed E-state index contributed by atoms with van der Waals surface area (Å²) in [5.41, 5.74) is 8.49. The molecule has 3 atom stereocenters. The molecule has 62 heavy (non-hydrogen) atoms. The molecule has 3 aliphatic heterocycles. The molecular formula is C45H44FN9O5S2. The van der Waals surface area contributed by atoms with E-state index >= 15 is 0 Å². The summed E-state index contributed by atoms with van der Waals surface area (Å²) in [6.45, 7) is 2.25. The summed E-state index contributed by atoms with van der Waals surface area (Å²) >= 11 is 3.20. The number of aliphatic imine (C=N–C) groups is 2. The second-order valence-corrected chi connectivity index (χ2v) is 18.4. The van der Waals surface area contributed by atoms with Crippen LogP contribution in [0.15, 0.2) is 46.9 Å². The van der Waals surface area contributed by atoms with Gasteiger partial charge < -0.3 is 30.1 Å². The van der Waals surface area contributed by atoms with Crippen molar-refractivity contribution in [2.75, 3.05) is 37.9 Å². The third kappa shape index (κ3) is 7.50. The van der Waals surface area contributed by atoms with E-state index in [-0.39, 0.29) is 24.3 Å². The highest BCUT2D eigenvalue weighted by atomic mass is 32.1. The first-order valence-corrected chi connectivity index (χ1v) is 22.5. The summed E-state index contributed by atoms with van der Waals surface area (Å²) in [5.74, 6) is 1.93. The predicted octanol–water partition coefficient (Wildman–Crippen LogP) is 8.01. The molecule has 7 heterocycles. The Morgan fingerprint density at radius 1 is 0.758 bits per heavy atom. The number of rotatable bonds is 8. The van der Waals surface area contributed by atoms with Gasteiger partial charge in [-0.25, -0.2) is 24.3 Å². The molecule has 0 bridgehead atoms. The molecule has 0 saturated carbocycles. The van der Waals surface area contributed by atoms with Gasteiger partial charge in [0.15, 0.2) is 0 Å². The van der Waals surface area contributed by atoms with Crippen molar-refractivity contribution in [1.82, 2.24) is 24.8 Å². The van der Waals surface area contributed by atoms with E-state index in [4.69, 9.17) is 9.47 Å². The zero-order chi connectivity index (χ0) is 42.5. The van der Waals surface area contributed by atoms with Gasteiger partial charge >= 0.3 is 5.97 Å². The number of ether oxygens (including phenoxy) is 2. The molecule has 2 aliphatic carbocycles. The van der Waals surface area contributed by atoms with Crippen molar-refractivity contribution in [1.29, 1.82) is 0 Å². The molecule has 4 aromatic heterocycles. The van der Waals surface area contributed by atoms with Crippen molar-refractivity contribution in [2.45, 2.75) is 70.6 Å². The third-order valence-corrected chi connectivity index (χ3v) is 14.8. The third-order valence-electron chi connectivity index (χ3n) is 12.5. The molecule has 1 amide bonds. The average molecular weight is 874 g/mol. The molecule has 1 saturated heterocycles. The largest absolute Gasteiger partial charge is 0.495 e. The normalized spacial score (nSPS) is 19.6. The molecule has 6 aromatic rings. The highest BCUT2D eigenvalue weighted by Crippen LogP contribution is 2.44. The minimum absolute atomic E-state index is 0.0914. The van der Waals surface area contributed by atoms with Crippen LogP contribution in [-0.4, -0.2) is 87.7 Å². The lowest BCUT2D eigenvalue weighted by Crippen LogP contribution is -2.44. The topological polar surface area (TPSA) is 176 Å². The van der Waals surface area contributed by atoms with Crippen molar-refractivity contribution in [2.24, 2.45) is 21.8 Å². The van der Waals surface area contributed by atoms with Crippen LogP contribution in [-0.2, 0) is 48.4 Å². The maximum Gasteiger partial charge on any atom is 0.306 e. The van der Waals surface area contributed by atoms with Gasteiger partial charge in [0.25, 0.3) is 0 Å². The first-order chi connectivity index (χ1) is 30.2. The van der Waals surface area contributed by atoms with E-state index < -0.39 is 12.1 Å². The van der Waals surface area contributed by atoms with Gasteiger partial charge in [0, 0.05) is 34.6 Å². The molecule has 318 valence electrons. The van der Waals surface area contributed by atoms with Gasteiger partial charge in [0.1, 0.15) is 51.6 Å². The number of aryl methyl sites for hydroxylation is 2. The number of methoxy groups -OCH3 is 2. The lowest BCUT2D eigenvalue weighted by atomic mass is 9.86. The van der Waals surface area contributed by atoms with E-state index in [9.17, 15) is 19.1 Å². The summed E-state index contributed by atoms with van der Waals surface area (Å²) < 4.78 is 25.1. The number of hydrogen-bond donors (Lipinski definition) is 3. The zero-order valence-corrected chi connectivity index (χ0v) is 35.9. The van der Waals surface area contributed by atoms with E-state index in [1.54, 1.807) is 54.4 Å². The summed E-state index contributed by atoms with van der Waals surface area (Å²) in [4.78, 5) is 57.0. The molecule has 5 aliphatic rings. The Kier molecular flexibility index (Phi) is 10.8. The van der Waals surface area contributed by atoms with Gasteiger partial charge in [-0.05, 0) is 109 Å². The maximum atomic E-state index is 13.9. The van der Waals surface area contributed by atoms with E-state index in [1.165, 1.54) is 16.0 Å². The van der Waals surface area contributed by atoms with Gasteiger partial charge in [-0.3, -0.25) is 19.6 Å². The van der Waals surface area contributed by atoms with Gasteiger partial charge in [0.05, 0.1) is 61.9 Å². The number of hydrogen-bond acceptors (Lipinski definition) is 14. The first kappa shape index (κ1) is 40.0. The standard InChI is InChI=1S/C25H26FN5O2S.C20H18N4O3S/c1-33-20-8-16-11-27-10-15(16)7-19(20)30-23-22-18-5-4-14(9-21(18)34-24(22)29-13-28-23)25(32)31-6-2-3-17(26)12-31;1-27-15-5-12-8-21-7-11(12)4-14(15)24-18-17-13-3-2-10(20(25)26)6-16(13)28-19(17)23-9-22-18/h7-8,10,13-14,17H,2-6,9,11-12H2,1H3,(H,28,29,30);4-5,7,9-10H,2-3,6,8H2,1H3,(H,25,26)(H,22,23,24)/t14-,17?;10-/m00/s1. The van der Waals surface area contributed by atoms with E-state index in [0.717, 1.165) is 108 Å². The fourth-order valence-electron chi connectivity index (χ4n) is 9.28. The van der Waals surface area contributed by atoms with E-state index in [0.29, 0.717) is 45.3 Å². The van der Waals surface area contributed by atoms with Crippen LogP contribution in [0.25, 0.3) is 20.4 Å². The number of carbonyl (C=O) groups excluding carboxylic acids is 1. The molecule has 11 rings (SSSR count). The molecule has 17 heteroatoms. The molecule has 0 spiro atoms. The van der Waals surface area contributed by atoms with Crippen LogP contribution in [0.4, 0.5) is 27.4 Å². The van der Waals surface area contributed by atoms with Crippen molar-refractivity contribution in [3.8, 4) is 11.5 Å². The minimum atomic E-state index is -0.896. The van der Waals surface area contributed by atoms with Crippen LogP contribution in [0.5, 0.6) is 11.5 Å². The molecule has 1 fully saturated rings. The van der Waals surface area contributed by atoms with E-state index in [1.807, 2.05) is 36.7 Å². The van der Waals surface area contributed by atoms with Gasteiger partial charge in [-0.1, -0.05) is 0 Å². The number of piperidine rings is 1. The fourth-order valence-corrected chi connectivity index (χ4v) is 11.8. The highest BCUT2D eigenvalue weighted by Gasteiger charge is 2.34. The first-order valence-electron chi connectivity index (χ1n) is 20.9. The lowest BCUT2D eigenvalue weighted by molar-refractivity contribution is -0.142. The number of alkyl halides is 1. The van der Waals surface area contributed by atoms with Crippen LogP contribution in [0.3, 0.4) is 0 Å². The average Bonchev–Trinajstić information content (AvgIpc) is 4.10. The summed E-state index contributed by atoms with van der Waals surface area (Å²) in [6, 6.07) is 8.09. The van der Waals surface area contributed by atoms with E-state index in [2.05, 4.69) is 40.6 Å². The number of carbonyl (C=O) groups is 2. The van der Waals surface area contributed by atoms with Crippen molar-refractivity contribution >= 4 is 90.4 Å². The Hall–Kier alpha value is -6.07. The number of carboxylic acid groups (broad SMARTS) is 1. The van der Waals surface area contributed by atoms with Gasteiger partial charge in [-0.15, -0.1) is 22.7 Å². The smallest absolute Gasteiger partial charge is 0.306 e. The Labute approximate surface area is 364 Å². The number of fused-ring (bicyclic) bond motifs is 8. The molecule has 14 nitrogen and oxygen atoms in total. The molecule has 3 N–H and O–H groups in total. The molecular weight excluding hydrogens is 830 g/mol.